The molecule has 1 rings (SSSR count). The number of carboxylic acids is 1. The van der Waals surface area contributed by atoms with E-state index in [0.717, 1.165) is 0 Å². The molecule has 6 heteroatoms. The van der Waals surface area contributed by atoms with Crippen molar-refractivity contribution in [1.29, 1.82) is 5.26 Å². The van der Waals surface area contributed by atoms with Crippen LogP contribution in [0.15, 0.2) is 18.5 Å². The molecular formula is C12H15N3O3. The van der Waals surface area contributed by atoms with Crippen molar-refractivity contribution in [2.24, 2.45) is 0 Å². The minimum atomic E-state index is -1.03. The minimum Gasteiger partial charge on any atom is -0.478 e. The molecule has 1 aromatic heterocycles. The third kappa shape index (κ3) is 3.71. The van der Waals surface area contributed by atoms with E-state index in [-0.39, 0.29) is 5.56 Å². The van der Waals surface area contributed by atoms with Crippen molar-refractivity contribution in [3.63, 3.8) is 0 Å². The van der Waals surface area contributed by atoms with Gasteiger partial charge >= 0.3 is 5.97 Å². The summed E-state index contributed by atoms with van der Waals surface area (Å²) in [7, 11) is 1.58. The van der Waals surface area contributed by atoms with Crippen molar-refractivity contribution in [3.8, 4) is 6.07 Å². The highest BCUT2D eigenvalue weighted by molar-refractivity contribution is 5.94. The number of hydrogen-bond acceptors (Lipinski definition) is 5. The molecule has 1 N–H and O–H groups in total. The summed E-state index contributed by atoms with van der Waals surface area (Å²) in [5, 5.41) is 17.7. The summed E-state index contributed by atoms with van der Waals surface area (Å²) in [6.07, 6.45) is 3.17. The number of nitrogens with zero attached hydrogens (tertiary/aromatic N) is 3. The van der Waals surface area contributed by atoms with Crippen LogP contribution in [0.1, 0.15) is 16.8 Å². The second kappa shape index (κ2) is 7.25. The lowest BCUT2D eigenvalue weighted by atomic mass is 10.2. The predicted octanol–water partition coefficient (Wildman–Crippen LogP) is 1.15. The number of ether oxygens (including phenoxy) is 1. The van der Waals surface area contributed by atoms with Crippen LogP contribution in [-0.4, -0.2) is 42.9 Å². The summed E-state index contributed by atoms with van der Waals surface area (Å²) in [4.78, 5) is 16.7. The van der Waals surface area contributed by atoms with Gasteiger partial charge in [0.1, 0.15) is 5.56 Å². The molecule has 96 valence electrons. The number of carboxylic acid groups (broad SMARTS) is 1. The third-order valence-electron chi connectivity index (χ3n) is 2.43. The number of aromatic carboxylic acids is 1. The van der Waals surface area contributed by atoms with Gasteiger partial charge in [-0.2, -0.15) is 5.26 Å². The van der Waals surface area contributed by atoms with E-state index in [4.69, 9.17) is 15.1 Å². The van der Waals surface area contributed by atoms with Crippen molar-refractivity contribution in [3.05, 3.63) is 24.0 Å². The molecule has 0 unspecified atom stereocenters. The summed E-state index contributed by atoms with van der Waals surface area (Å²) >= 11 is 0. The van der Waals surface area contributed by atoms with E-state index >= 15 is 0 Å². The zero-order chi connectivity index (χ0) is 13.4. The fourth-order valence-corrected chi connectivity index (χ4v) is 1.57. The first-order chi connectivity index (χ1) is 8.70. The maximum Gasteiger partial charge on any atom is 0.339 e. The Labute approximate surface area is 105 Å². The second-order valence-electron chi connectivity index (χ2n) is 3.59. The Morgan fingerprint density at radius 3 is 3.00 bits per heavy atom. The quantitative estimate of drug-likeness (QED) is 0.780. The van der Waals surface area contributed by atoms with Crippen molar-refractivity contribution in [1.82, 2.24) is 4.98 Å². The fourth-order valence-electron chi connectivity index (χ4n) is 1.57. The molecule has 0 saturated carbocycles. The standard InChI is InChI=1S/C12H15N3O3/c1-18-8-7-15(6-2-4-13)11-3-5-14-9-10(11)12(16)17/h3,5,9H,2,6-8H2,1H3,(H,16,17). The zero-order valence-electron chi connectivity index (χ0n) is 10.2. The Kier molecular flexibility index (Phi) is 5.61. The number of nitriles is 1. The van der Waals surface area contributed by atoms with Gasteiger partial charge in [0.05, 0.1) is 24.8 Å². The van der Waals surface area contributed by atoms with Gasteiger partial charge in [-0.1, -0.05) is 0 Å². The van der Waals surface area contributed by atoms with Crippen molar-refractivity contribution in [2.75, 3.05) is 31.7 Å². The van der Waals surface area contributed by atoms with Crippen LogP contribution >= 0.6 is 0 Å². The van der Waals surface area contributed by atoms with Crippen LogP contribution in [0.5, 0.6) is 0 Å². The molecule has 0 aliphatic carbocycles. The van der Waals surface area contributed by atoms with Crippen LogP contribution in [-0.2, 0) is 4.74 Å². The van der Waals surface area contributed by atoms with E-state index in [1.54, 1.807) is 13.2 Å². The highest BCUT2D eigenvalue weighted by Gasteiger charge is 2.15. The smallest absolute Gasteiger partial charge is 0.339 e. The number of hydrogen-bond donors (Lipinski definition) is 1. The maximum atomic E-state index is 11.1. The summed E-state index contributed by atoms with van der Waals surface area (Å²) in [6.45, 7) is 1.46. The molecule has 0 atom stereocenters. The van der Waals surface area contributed by atoms with Crippen molar-refractivity contribution < 1.29 is 14.6 Å². The number of carbonyl (C=O) groups is 1. The summed E-state index contributed by atoms with van der Waals surface area (Å²) in [5.74, 6) is -1.03. The van der Waals surface area contributed by atoms with Gasteiger partial charge in [-0.15, -0.1) is 0 Å². The van der Waals surface area contributed by atoms with Gasteiger partial charge in [-0.25, -0.2) is 4.79 Å². The monoisotopic (exact) mass is 249 g/mol. The van der Waals surface area contributed by atoms with Gasteiger partial charge < -0.3 is 14.7 Å². The molecule has 0 radical (unpaired) electrons. The molecule has 0 aliphatic heterocycles. The Bertz CT molecular complexity index is 442. The average Bonchev–Trinajstić information content (AvgIpc) is 2.39. The largest absolute Gasteiger partial charge is 0.478 e. The van der Waals surface area contributed by atoms with E-state index < -0.39 is 5.97 Å². The molecule has 1 aromatic rings. The Morgan fingerprint density at radius 2 is 2.39 bits per heavy atom. The van der Waals surface area contributed by atoms with Gasteiger partial charge in [-0.3, -0.25) is 4.98 Å². The SMILES string of the molecule is COCCN(CCC#N)c1ccncc1C(=O)O. The molecule has 18 heavy (non-hydrogen) atoms. The van der Waals surface area contributed by atoms with E-state index in [0.29, 0.717) is 31.8 Å². The van der Waals surface area contributed by atoms with E-state index in [2.05, 4.69) is 4.98 Å². The van der Waals surface area contributed by atoms with Crippen LogP contribution in [0.4, 0.5) is 5.69 Å². The van der Waals surface area contributed by atoms with E-state index in [1.165, 1.54) is 12.4 Å². The number of aromatic nitrogens is 1. The minimum absolute atomic E-state index is 0.131. The Balaban J connectivity index is 2.96. The molecule has 1 heterocycles. The molecule has 6 nitrogen and oxygen atoms in total. The first-order valence-electron chi connectivity index (χ1n) is 5.48. The molecular weight excluding hydrogens is 234 g/mol. The summed E-state index contributed by atoms with van der Waals surface area (Å²) < 4.78 is 4.99. The lowest BCUT2D eigenvalue weighted by Crippen LogP contribution is -2.29. The predicted molar refractivity (Wildman–Crippen MR) is 65.5 cm³/mol. The summed E-state index contributed by atoms with van der Waals surface area (Å²) in [5.41, 5.74) is 0.691. The fraction of sp³-hybridized carbons (Fsp3) is 0.417. The van der Waals surface area contributed by atoms with Gasteiger partial charge in [-0.05, 0) is 6.07 Å². The van der Waals surface area contributed by atoms with Crippen LogP contribution in [0.2, 0.25) is 0 Å². The van der Waals surface area contributed by atoms with Gasteiger partial charge in [0.15, 0.2) is 0 Å². The highest BCUT2D eigenvalue weighted by atomic mass is 16.5. The molecule has 0 spiro atoms. The van der Waals surface area contributed by atoms with Crippen molar-refractivity contribution >= 4 is 11.7 Å². The first-order valence-corrected chi connectivity index (χ1v) is 5.48. The molecule has 0 saturated heterocycles. The van der Waals surface area contributed by atoms with Crippen LogP contribution in [0.25, 0.3) is 0 Å². The van der Waals surface area contributed by atoms with Crippen LogP contribution in [0.3, 0.4) is 0 Å². The maximum absolute atomic E-state index is 11.1. The van der Waals surface area contributed by atoms with E-state index in [1.807, 2.05) is 11.0 Å². The van der Waals surface area contributed by atoms with Crippen LogP contribution < -0.4 is 4.90 Å². The molecule has 0 aromatic carbocycles. The molecule has 0 fully saturated rings. The molecule has 0 bridgehead atoms. The normalized spacial score (nSPS) is 9.78. The van der Waals surface area contributed by atoms with Gasteiger partial charge in [0.2, 0.25) is 0 Å². The summed E-state index contributed by atoms with van der Waals surface area (Å²) in [6, 6.07) is 3.68. The third-order valence-corrected chi connectivity index (χ3v) is 2.43. The second-order valence-corrected chi connectivity index (χ2v) is 3.59. The number of rotatable bonds is 7. The van der Waals surface area contributed by atoms with Crippen molar-refractivity contribution in [2.45, 2.75) is 6.42 Å². The lowest BCUT2D eigenvalue weighted by Gasteiger charge is -2.24. The van der Waals surface area contributed by atoms with E-state index in [9.17, 15) is 4.79 Å². The lowest BCUT2D eigenvalue weighted by molar-refractivity contribution is 0.0697. The average molecular weight is 249 g/mol. The van der Waals surface area contributed by atoms with Crippen LogP contribution in [0, 0.1) is 11.3 Å². The van der Waals surface area contributed by atoms with Gasteiger partial charge in [0, 0.05) is 32.6 Å². The highest BCUT2D eigenvalue weighted by Crippen LogP contribution is 2.19. The zero-order valence-corrected chi connectivity index (χ0v) is 10.2. The Morgan fingerprint density at radius 1 is 1.61 bits per heavy atom. The van der Waals surface area contributed by atoms with Gasteiger partial charge in [0.25, 0.3) is 0 Å². The molecule has 0 amide bonds. The number of pyridine rings is 1. The topological polar surface area (TPSA) is 86.5 Å². The molecule has 0 aliphatic rings. The number of methoxy groups -OCH3 is 1. The number of anilines is 1. The Hall–Kier alpha value is -2.13. The first kappa shape index (κ1) is 13.9.